The van der Waals surface area contributed by atoms with Gasteiger partial charge in [-0.2, -0.15) is 0 Å². The van der Waals surface area contributed by atoms with Gasteiger partial charge >= 0.3 is 0 Å². The largest absolute Gasteiger partial charge is 0.345 e. The van der Waals surface area contributed by atoms with E-state index >= 15 is 0 Å². The minimum Gasteiger partial charge on any atom is -0.345 e. The van der Waals surface area contributed by atoms with E-state index in [1.54, 1.807) is 12.1 Å². The summed E-state index contributed by atoms with van der Waals surface area (Å²) in [5, 5.41) is 2.84. The molecule has 104 valence electrons. The van der Waals surface area contributed by atoms with E-state index in [0.717, 1.165) is 16.7 Å². The Bertz CT molecular complexity index is 637. The molecule has 0 aliphatic rings. The van der Waals surface area contributed by atoms with Crippen LogP contribution in [0.2, 0.25) is 0 Å². The fourth-order valence-corrected chi connectivity index (χ4v) is 2.22. The van der Waals surface area contributed by atoms with Crippen LogP contribution in [0.5, 0.6) is 0 Å². The van der Waals surface area contributed by atoms with Crippen molar-refractivity contribution in [3.63, 3.8) is 0 Å². The fraction of sp³-hybridized carbons (Fsp3) is 0.235. The Morgan fingerprint density at radius 1 is 1.15 bits per heavy atom. The van der Waals surface area contributed by atoms with Crippen LogP contribution >= 0.6 is 0 Å². The van der Waals surface area contributed by atoms with Crippen molar-refractivity contribution in [2.24, 2.45) is 0 Å². The van der Waals surface area contributed by atoms with E-state index in [0.29, 0.717) is 0 Å². The lowest BCUT2D eigenvalue weighted by atomic mass is 9.99. The van der Waals surface area contributed by atoms with Crippen molar-refractivity contribution in [3.05, 3.63) is 70.5 Å². The molecule has 0 saturated heterocycles. The quantitative estimate of drug-likeness (QED) is 0.900. The van der Waals surface area contributed by atoms with E-state index in [1.165, 1.54) is 12.1 Å². The Hall–Kier alpha value is -2.16. The first kappa shape index (κ1) is 14.3. The number of carbonyl (C=O) groups excluding carboxylic acids is 1. The van der Waals surface area contributed by atoms with Crippen LogP contribution in [0.4, 0.5) is 4.39 Å². The molecule has 2 aromatic rings. The predicted molar refractivity (Wildman–Crippen MR) is 78.2 cm³/mol. The topological polar surface area (TPSA) is 29.1 Å². The molecule has 2 nitrogen and oxygen atoms in total. The number of aryl methyl sites for hydroxylation is 2. The summed E-state index contributed by atoms with van der Waals surface area (Å²) < 4.78 is 13.6. The molecule has 0 unspecified atom stereocenters. The summed E-state index contributed by atoms with van der Waals surface area (Å²) in [7, 11) is 0. The Morgan fingerprint density at radius 3 is 2.55 bits per heavy atom. The van der Waals surface area contributed by atoms with Gasteiger partial charge in [0.2, 0.25) is 0 Å². The third kappa shape index (κ3) is 3.05. The molecule has 0 bridgehead atoms. The van der Waals surface area contributed by atoms with Gasteiger partial charge in [-0.1, -0.05) is 35.9 Å². The number of carbonyl (C=O) groups is 1. The smallest absolute Gasteiger partial charge is 0.254 e. The first-order valence-electron chi connectivity index (χ1n) is 6.61. The highest BCUT2D eigenvalue weighted by molar-refractivity contribution is 5.94. The maximum Gasteiger partial charge on any atom is 0.254 e. The van der Waals surface area contributed by atoms with E-state index in [1.807, 2.05) is 39.0 Å². The summed E-state index contributed by atoms with van der Waals surface area (Å²) in [5.41, 5.74) is 3.37. The van der Waals surface area contributed by atoms with Crippen molar-refractivity contribution in [1.82, 2.24) is 5.32 Å². The van der Waals surface area contributed by atoms with Crippen LogP contribution in [0.1, 0.15) is 40.0 Å². The number of hydrogen-bond acceptors (Lipinski definition) is 1. The molecule has 0 radical (unpaired) electrons. The first-order valence-corrected chi connectivity index (χ1v) is 6.61. The van der Waals surface area contributed by atoms with Gasteiger partial charge in [0.1, 0.15) is 5.82 Å². The van der Waals surface area contributed by atoms with E-state index in [2.05, 4.69) is 5.32 Å². The molecule has 0 aromatic heterocycles. The molecule has 1 N–H and O–H groups in total. The van der Waals surface area contributed by atoms with Gasteiger partial charge in [0.25, 0.3) is 5.91 Å². The summed E-state index contributed by atoms with van der Waals surface area (Å²) in [6, 6.07) is 11.9. The second kappa shape index (κ2) is 5.87. The third-order valence-electron chi connectivity index (χ3n) is 3.37. The molecule has 1 amide bonds. The number of benzene rings is 2. The molecule has 20 heavy (non-hydrogen) atoms. The number of amides is 1. The second-order valence-electron chi connectivity index (χ2n) is 5.04. The molecule has 0 heterocycles. The van der Waals surface area contributed by atoms with Gasteiger partial charge in [-0.3, -0.25) is 4.79 Å². The average Bonchev–Trinajstić information content (AvgIpc) is 2.41. The van der Waals surface area contributed by atoms with E-state index in [9.17, 15) is 9.18 Å². The van der Waals surface area contributed by atoms with Gasteiger partial charge in [-0.05, 0) is 44.0 Å². The molecule has 0 spiro atoms. The van der Waals surface area contributed by atoms with Crippen LogP contribution < -0.4 is 5.32 Å². The Kier molecular flexibility index (Phi) is 4.18. The number of rotatable bonds is 3. The van der Waals surface area contributed by atoms with Crippen molar-refractivity contribution in [3.8, 4) is 0 Å². The molecule has 2 aromatic carbocycles. The lowest BCUT2D eigenvalue weighted by Crippen LogP contribution is -2.27. The number of halogens is 1. The van der Waals surface area contributed by atoms with Crippen LogP contribution in [-0.2, 0) is 0 Å². The highest BCUT2D eigenvalue weighted by atomic mass is 19.1. The van der Waals surface area contributed by atoms with Crippen LogP contribution in [0.25, 0.3) is 0 Å². The van der Waals surface area contributed by atoms with Crippen LogP contribution in [0.15, 0.2) is 42.5 Å². The zero-order valence-electron chi connectivity index (χ0n) is 11.9. The van der Waals surface area contributed by atoms with Crippen molar-refractivity contribution >= 4 is 5.91 Å². The third-order valence-corrected chi connectivity index (χ3v) is 3.37. The molecule has 0 fully saturated rings. The zero-order valence-corrected chi connectivity index (χ0v) is 11.9. The highest BCUT2D eigenvalue weighted by Crippen LogP contribution is 2.19. The summed E-state index contributed by atoms with van der Waals surface area (Å²) in [6.07, 6.45) is 0. The molecular formula is C17H18FNO. The molecule has 0 aliphatic carbocycles. The van der Waals surface area contributed by atoms with Crippen LogP contribution in [0, 0.1) is 19.7 Å². The number of hydrogen-bond donors (Lipinski definition) is 1. The average molecular weight is 271 g/mol. The minimum absolute atomic E-state index is 0.0738. The molecule has 0 aliphatic heterocycles. The Balaban J connectivity index is 2.19. The Labute approximate surface area is 118 Å². The monoisotopic (exact) mass is 271 g/mol. The van der Waals surface area contributed by atoms with Gasteiger partial charge in [-0.25, -0.2) is 4.39 Å². The Morgan fingerprint density at radius 2 is 1.85 bits per heavy atom. The molecule has 0 saturated carbocycles. The van der Waals surface area contributed by atoms with Crippen molar-refractivity contribution in [2.75, 3.05) is 0 Å². The van der Waals surface area contributed by atoms with Gasteiger partial charge in [0, 0.05) is 0 Å². The van der Waals surface area contributed by atoms with Crippen molar-refractivity contribution in [2.45, 2.75) is 26.8 Å². The van der Waals surface area contributed by atoms with Gasteiger partial charge < -0.3 is 5.32 Å². The van der Waals surface area contributed by atoms with Gasteiger partial charge in [0.15, 0.2) is 0 Å². The van der Waals surface area contributed by atoms with E-state index in [-0.39, 0.29) is 11.6 Å². The summed E-state index contributed by atoms with van der Waals surface area (Å²) in [6.45, 7) is 5.91. The van der Waals surface area contributed by atoms with E-state index in [4.69, 9.17) is 0 Å². The molecule has 1 atom stereocenters. The summed E-state index contributed by atoms with van der Waals surface area (Å²) in [4.78, 5) is 12.1. The maximum absolute atomic E-state index is 13.6. The standard InChI is InChI=1S/C17H18FNO/c1-11-8-9-12(2)15(10-11)13(3)19-17(20)14-6-4-5-7-16(14)18/h4-10,13H,1-3H3,(H,19,20)/t13-/m1/s1. The van der Waals surface area contributed by atoms with Gasteiger partial charge in [-0.15, -0.1) is 0 Å². The van der Waals surface area contributed by atoms with Crippen LogP contribution in [0.3, 0.4) is 0 Å². The molecule has 2 rings (SSSR count). The fourth-order valence-electron chi connectivity index (χ4n) is 2.22. The first-order chi connectivity index (χ1) is 9.49. The maximum atomic E-state index is 13.6. The SMILES string of the molecule is Cc1ccc(C)c([C@@H](C)NC(=O)c2ccccc2F)c1. The normalized spacial score (nSPS) is 12.0. The lowest BCUT2D eigenvalue weighted by Gasteiger charge is -2.17. The molecule has 3 heteroatoms. The number of nitrogens with one attached hydrogen (secondary N) is 1. The van der Waals surface area contributed by atoms with Crippen LogP contribution in [-0.4, -0.2) is 5.91 Å². The van der Waals surface area contributed by atoms with E-state index < -0.39 is 11.7 Å². The van der Waals surface area contributed by atoms with Crippen molar-refractivity contribution < 1.29 is 9.18 Å². The predicted octanol–water partition coefficient (Wildman–Crippen LogP) is 3.93. The second-order valence-corrected chi connectivity index (χ2v) is 5.04. The highest BCUT2D eigenvalue weighted by Gasteiger charge is 2.15. The molecular weight excluding hydrogens is 253 g/mol. The minimum atomic E-state index is -0.502. The summed E-state index contributed by atoms with van der Waals surface area (Å²) in [5.74, 6) is -0.894. The van der Waals surface area contributed by atoms with Crippen molar-refractivity contribution in [1.29, 1.82) is 0 Å². The lowest BCUT2D eigenvalue weighted by molar-refractivity contribution is 0.0935. The summed E-state index contributed by atoms with van der Waals surface area (Å²) >= 11 is 0. The zero-order chi connectivity index (χ0) is 14.7. The van der Waals surface area contributed by atoms with Gasteiger partial charge in [0.05, 0.1) is 11.6 Å².